The van der Waals surface area contributed by atoms with Gasteiger partial charge in [-0.3, -0.25) is 19.3 Å². The Bertz CT molecular complexity index is 1590. The van der Waals surface area contributed by atoms with Gasteiger partial charge in [0.05, 0.1) is 23.0 Å². The average molecular weight is 743 g/mol. The molecule has 1 aliphatic heterocycles. The number of thioether (sulfide) groups is 1. The molecule has 0 aromatic heterocycles. The van der Waals surface area contributed by atoms with Gasteiger partial charge in [-0.05, 0) is 116 Å². The second kappa shape index (κ2) is 12.1. The van der Waals surface area contributed by atoms with E-state index >= 15 is 0 Å². The Morgan fingerprint density at radius 1 is 1.10 bits per heavy atom. The number of nitrogens with zero attached hydrogens (tertiary/aromatic N) is 1. The average Bonchev–Trinajstić information content (AvgIpc) is 3.13. The number of hydrogen-bond acceptors (Lipinski definition) is 8. The van der Waals surface area contributed by atoms with Crippen LogP contribution in [0.5, 0.6) is 11.5 Å². The topological polar surface area (TPSA) is 119 Å². The smallest absolute Gasteiger partial charge is 0.339 e. The maximum absolute atomic E-state index is 13.0. The van der Waals surface area contributed by atoms with Crippen molar-refractivity contribution in [2.45, 2.75) is 18.4 Å². The second-order valence-corrected chi connectivity index (χ2v) is 12.8. The highest BCUT2D eigenvalue weighted by Crippen LogP contribution is 2.40. The van der Waals surface area contributed by atoms with Gasteiger partial charge in [0, 0.05) is 16.2 Å². The number of hydrogen-bond donors (Lipinski definition) is 1. The summed E-state index contributed by atoms with van der Waals surface area (Å²) in [5.41, 5.74) is 1.76. The first-order valence-electron chi connectivity index (χ1n) is 11.2. The molecule has 9 nitrogen and oxygen atoms in total. The number of rotatable bonds is 8. The fourth-order valence-corrected chi connectivity index (χ4v) is 6.33. The SMILES string of the molecule is COc1cc(/C=C2\SC(=O)N(Cc3ccc(I)cc3)C2=O)cc(Br)c1OS(=O)(=O)c1ccc(NC(C)=O)cc1. The molecule has 1 N–H and O–H groups in total. The summed E-state index contributed by atoms with van der Waals surface area (Å²) >= 11 is 6.33. The van der Waals surface area contributed by atoms with Gasteiger partial charge in [0.2, 0.25) is 5.91 Å². The van der Waals surface area contributed by atoms with Crippen LogP contribution in [0, 0.1) is 3.57 Å². The Morgan fingerprint density at radius 2 is 1.77 bits per heavy atom. The molecule has 3 amide bonds. The van der Waals surface area contributed by atoms with Crippen LogP contribution in [0.15, 0.2) is 74.9 Å². The van der Waals surface area contributed by atoms with Gasteiger partial charge in [-0.1, -0.05) is 12.1 Å². The van der Waals surface area contributed by atoms with Crippen molar-refractivity contribution in [2.75, 3.05) is 12.4 Å². The van der Waals surface area contributed by atoms with E-state index in [0.29, 0.717) is 11.3 Å². The molecular weight excluding hydrogens is 723 g/mol. The molecule has 0 radical (unpaired) electrons. The van der Waals surface area contributed by atoms with Crippen molar-refractivity contribution in [1.82, 2.24) is 4.90 Å². The monoisotopic (exact) mass is 742 g/mol. The van der Waals surface area contributed by atoms with Crippen molar-refractivity contribution in [3.63, 3.8) is 0 Å². The third-order valence-electron chi connectivity index (χ3n) is 5.33. The molecule has 3 aromatic carbocycles. The predicted molar refractivity (Wildman–Crippen MR) is 160 cm³/mol. The van der Waals surface area contributed by atoms with Crippen LogP contribution in [0.3, 0.4) is 0 Å². The number of nitrogens with one attached hydrogen (secondary N) is 1. The quantitative estimate of drug-likeness (QED) is 0.169. The molecule has 202 valence electrons. The lowest BCUT2D eigenvalue weighted by Crippen LogP contribution is -2.27. The molecule has 0 saturated carbocycles. The van der Waals surface area contributed by atoms with Gasteiger partial charge in [-0.25, -0.2) is 0 Å². The molecule has 0 atom stereocenters. The Labute approximate surface area is 251 Å². The minimum absolute atomic E-state index is 0.0900. The molecule has 0 aliphatic carbocycles. The Hall–Kier alpha value is -2.88. The lowest BCUT2D eigenvalue weighted by molar-refractivity contribution is -0.123. The normalized spacial score (nSPS) is 14.6. The largest absolute Gasteiger partial charge is 0.493 e. The Morgan fingerprint density at radius 3 is 2.38 bits per heavy atom. The van der Waals surface area contributed by atoms with E-state index in [4.69, 9.17) is 8.92 Å². The Kier molecular flexibility index (Phi) is 9.03. The zero-order valence-electron chi connectivity index (χ0n) is 20.4. The van der Waals surface area contributed by atoms with Crippen molar-refractivity contribution in [1.29, 1.82) is 0 Å². The minimum Gasteiger partial charge on any atom is -0.493 e. The highest BCUT2D eigenvalue weighted by Gasteiger charge is 2.35. The number of carbonyl (C=O) groups is 3. The van der Waals surface area contributed by atoms with Crippen LogP contribution in [-0.2, 0) is 26.3 Å². The second-order valence-electron chi connectivity index (χ2n) is 8.17. The van der Waals surface area contributed by atoms with Crippen LogP contribution in [0.2, 0.25) is 0 Å². The lowest BCUT2D eigenvalue weighted by Gasteiger charge is -2.14. The zero-order valence-corrected chi connectivity index (χ0v) is 25.8. The maximum Gasteiger partial charge on any atom is 0.339 e. The molecule has 1 aliphatic rings. The maximum atomic E-state index is 13.0. The van der Waals surface area contributed by atoms with E-state index in [1.54, 1.807) is 6.07 Å². The summed E-state index contributed by atoms with van der Waals surface area (Å²) in [6.45, 7) is 1.50. The molecule has 0 bridgehead atoms. The summed E-state index contributed by atoms with van der Waals surface area (Å²) in [4.78, 5) is 38.0. The third-order valence-corrected chi connectivity index (χ3v) is 8.78. The molecule has 39 heavy (non-hydrogen) atoms. The van der Waals surface area contributed by atoms with Gasteiger partial charge < -0.3 is 14.2 Å². The van der Waals surface area contributed by atoms with E-state index in [0.717, 1.165) is 20.9 Å². The number of ether oxygens (including phenoxy) is 1. The van der Waals surface area contributed by atoms with Crippen molar-refractivity contribution in [3.8, 4) is 11.5 Å². The summed E-state index contributed by atoms with van der Waals surface area (Å²) in [7, 11) is -2.90. The fourth-order valence-electron chi connectivity index (χ4n) is 3.53. The van der Waals surface area contributed by atoms with Gasteiger partial charge in [-0.15, -0.1) is 0 Å². The van der Waals surface area contributed by atoms with Crippen LogP contribution in [-0.4, -0.2) is 37.5 Å². The standard InChI is InChI=1S/C26H20BrIN2O7S2/c1-15(31)29-19-7-9-20(10-8-19)39(34,35)37-24-21(27)11-17(12-22(24)36-2)13-23-25(32)30(26(33)38-23)14-16-3-5-18(28)6-4-16/h3-13H,14H2,1-2H3,(H,29,31)/b23-13-. The van der Waals surface area contributed by atoms with Gasteiger partial charge >= 0.3 is 10.1 Å². The number of carbonyl (C=O) groups excluding carboxylic acids is 3. The molecule has 13 heteroatoms. The summed E-state index contributed by atoms with van der Waals surface area (Å²) < 4.78 is 37.9. The lowest BCUT2D eigenvalue weighted by atomic mass is 10.1. The first-order valence-corrected chi connectivity index (χ1v) is 15.3. The highest BCUT2D eigenvalue weighted by atomic mass is 127. The fraction of sp³-hybridized carbons (Fsp3) is 0.115. The van der Waals surface area contributed by atoms with Gasteiger partial charge in [0.1, 0.15) is 4.90 Å². The van der Waals surface area contributed by atoms with Gasteiger partial charge in [0.25, 0.3) is 11.1 Å². The molecular formula is C26H20BrIN2O7S2. The number of imide groups is 1. The third kappa shape index (κ3) is 7.01. The van der Waals surface area contributed by atoms with E-state index in [9.17, 15) is 22.8 Å². The van der Waals surface area contributed by atoms with Crippen molar-refractivity contribution < 1.29 is 31.7 Å². The van der Waals surface area contributed by atoms with E-state index in [2.05, 4.69) is 43.8 Å². The molecule has 3 aromatic rings. The molecule has 1 heterocycles. The summed E-state index contributed by atoms with van der Waals surface area (Å²) in [5, 5.41) is 2.18. The van der Waals surface area contributed by atoms with E-state index in [1.165, 1.54) is 55.3 Å². The van der Waals surface area contributed by atoms with Gasteiger partial charge in [0.15, 0.2) is 11.5 Å². The van der Waals surface area contributed by atoms with E-state index in [-0.39, 0.29) is 43.5 Å². The zero-order chi connectivity index (χ0) is 28.3. The summed E-state index contributed by atoms with van der Waals surface area (Å²) in [5.74, 6) is -0.713. The molecule has 4 rings (SSSR count). The van der Waals surface area contributed by atoms with Crippen molar-refractivity contribution >= 4 is 89.2 Å². The molecule has 0 spiro atoms. The van der Waals surface area contributed by atoms with Crippen LogP contribution in [0.4, 0.5) is 10.5 Å². The van der Waals surface area contributed by atoms with E-state index in [1.807, 2.05) is 24.3 Å². The minimum atomic E-state index is -4.25. The first-order chi connectivity index (χ1) is 18.5. The number of methoxy groups -OCH3 is 1. The van der Waals surface area contributed by atoms with Crippen LogP contribution < -0.4 is 14.2 Å². The number of halogens is 2. The predicted octanol–water partition coefficient (Wildman–Crippen LogP) is 6.02. The molecule has 0 unspecified atom stereocenters. The molecule has 1 fully saturated rings. The Balaban J connectivity index is 1.56. The highest BCUT2D eigenvalue weighted by molar-refractivity contribution is 14.1. The first kappa shape index (κ1) is 29.1. The van der Waals surface area contributed by atoms with Crippen LogP contribution in [0.25, 0.3) is 6.08 Å². The number of anilines is 1. The van der Waals surface area contributed by atoms with Crippen molar-refractivity contribution in [3.05, 3.63) is 84.7 Å². The van der Waals surface area contributed by atoms with Crippen LogP contribution >= 0.6 is 50.3 Å². The number of amides is 3. The summed E-state index contributed by atoms with van der Waals surface area (Å²) in [6.07, 6.45) is 1.53. The number of benzene rings is 3. The van der Waals surface area contributed by atoms with Crippen LogP contribution in [0.1, 0.15) is 18.1 Å². The van der Waals surface area contributed by atoms with E-state index < -0.39 is 16.0 Å². The summed E-state index contributed by atoms with van der Waals surface area (Å²) in [6, 6.07) is 16.1. The van der Waals surface area contributed by atoms with Gasteiger partial charge in [-0.2, -0.15) is 8.42 Å². The van der Waals surface area contributed by atoms with Crippen molar-refractivity contribution in [2.24, 2.45) is 0 Å². The molecule has 1 saturated heterocycles.